The van der Waals surface area contributed by atoms with E-state index >= 15 is 0 Å². The molecule has 2 nitrogen and oxygen atoms in total. The average molecular weight is 320 g/mol. The average Bonchev–Trinajstić information content (AvgIpc) is 2.40. The molecule has 2 atom stereocenters. The van der Waals surface area contributed by atoms with Gasteiger partial charge in [-0.3, -0.25) is 0 Å². The third-order valence-electron chi connectivity index (χ3n) is 3.33. The van der Waals surface area contributed by atoms with Crippen LogP contribution in [0.3, 0.4) is 0 Å². The Morgan fingerprint density at radius 3 is 2.37 bits per heavy atom. The van der Waals surface area contributed by atoms with Gasteiger partial charge in [-0.25, -0.2) is 0 Å². The largest absolute Gasteiger partial charge is 0.388 e. The van der Waals surface area contributed by atoms with E-state index in [9.17, 15) is 5.11 Å². The first-order valence-corrected chi connectivity index (χ1v) is 7.11. The molecular formula is C16H18BrNO. The fraction of sp³-hybridized carbons (Fsp3) is 0.250. The summed E-state index contributed by atoms with van der Waals surface area (Å²) in [5, 5.41) is 10.5. The SMILES string of the molecule is Cc1ccc(C(O)C(CN)c2cccc(Br)c2)cc1. The van der Waals surface area contributed by atoms with Crippen LogP contribution in [0.25, 0.3) is 0 Å². The number of aryl methyl sites for hydroxylation is 1. The molecule has 0 spiro atoms. The predicted molar refractivity (Wildman–Crippen MR) is 82.1 cm³/mol. The zero-order valence-electron chi connectivity index (χ0n) is 10.9. The number of benzene rings is 2. The van der Waals surface area contributed by atoms with Gasteiger partial charge in [0.25, 0.3) is 0 Å². The summed E-state index contributed by atoms with van der Waals surface area (Å²) in [7, 11) is 0. The van der Waals surface area contributed by atoms with Crippen LogP contribution in [0.1, 0.15) is 28.7 Å². The summed E-state index contributed by atoms with van der Waals surface area (Å²) in [5.74, 6) is -0.0970. The second kappa shape index (κ2) is 6.33. The quantitative estimate of drug-likeness (QED) is 0.905. The fourth-order valence-corrected chi connectivity index (χ4v) is 2.60. The van der Waals surface area contributed by atoms with Crippen molar-refractivity contribution in [1.82, 2.24) is 0 Å². The number of nitrogens with two attached hydrogens (primary N) is 1. The van der Waals surface area contributed by atoms with Gasteiger partial charge in [-0.05, 0) is 30.2 Å². The van der Waals surface area contributed by atoms with E-state index in [-0.39, 0.29) is 5.92 Å². The van der Waals surface area contributed by atoms with Gasteiger partial charge in [-0.1, -0.05) is 57.9 Å². The molecule has 0 amide bonds. The first-order valence-electron chi connectivity index (χ1n) is 6.32. The summed E-state index contributed by atoms with van der Waals surface area (Å²) in [6, 6.07) is 15.9. The number of halogens is 1. The molecule has 2 aromatic rings. The maximum atomic E-state index is 10.5. The van der Waals surface area contributed by atoms with Gasteiger partial charge in [0.05, 0.1) is 6.10 Å². The summed E-state index contributed by atoms with van der Waals surface area (Å²) in [5.41, 5.74) is 8.98. The Hall–Kier alpha value is -1.16. The Bertz CT molecular complexity index is 539. The number of aliphatic hydroxyl groups is 1. The summed E-state index contributed by atoms with van der Waals surface area (Å²) >= 11 is 3.45. The second-order valence-electron chi connectivity index (χ2n) is 4.75. The molecule has 3 heteroatoms. The van der Waals surface area contributed by atoms with Gasteiger partial charge < -0.3 is 10.8 Å². The number of hydrogen-bond acceptors (Lipinski definition) is 2. The topological polar surface area (TPSA) is 46.2 Å². The van der Waals surface area contributed by atoms with E-state index < -0.39 is 6.10 Å². The summed E-state index contributed by atoms with van der Waals surface area (Å²) in [6.07, 6.45) is -0.583. The molecular weight excluding hydrogens is 302 g/mol. The minimum atomic E-state index is -0.583. The van der Waals surface area contributed by atoms with E-state index in [0.717, 1.165) is 15.6 Å². The molecule has 0 aromatic heterocycles. The van der Waals surface area contributed by atoms with Gasteiger partial charge in [-0.15, -0.1) is 0 Å². The molecule has 2 unspecified atom stereocenters. The van der Waals surface area contributed by atoms with Gasteiger partial charge in [0, 0.05) is 16.9 Å². The minimum absolute atomic E-state index is 0.0970. The molecule has 0 heterocycles. The highest BCUT2D eigenvalue weighted by Gasteiger charge is 2.21. The summed E-state index contributed by atoms with van der Waals surface area (Å²) < 4.78 is 1.000. The first-order chi connectivity index (χ1) is 9.11. The smallest absolute Gasteiger partial charge is 0.0870 e. The highest BCUT2D eigenvalue weighted by atomic mass is 79.9. The molecule has 2 rings (SSSR count). The Morgan fingerprint density at radius 2 is 1.79 bits per heavy atom. The molecule has 0 fully saturated rings. The third-order valence-corrected chi connectivity index (χ3v) is 3.82. The lowest BCUT2D eigenvalue weighted by Crippen LogP contribution is -2.20. The van der Waals surface area contributed by atoms with Crippen LogP contribution in [-0.4, -0.2) is 11.7 Å². The van der Waals surface area contributed by atoms with E-state index in [1.165, 1.54) is 5.56 Å². The lowest BCUT2D eigenvalue weighted by atomic mass is 9.89. The minimum Gasteiger partial charge on any atom is -0.388 e. The van der Waals surface area contributed by atoms with Crippen LogP contribution >= 0.6 is 15.9 Å². The predicted octanol–water partition coefficient (Wildman–Crippen LogP) is 3.53. The summed E-state index contributed by atoms with van der Waals surface area (Å²) in [4.78, 5) is 0. The fourth-order valence-electron chi connectivity index (χ4n) is 2.18. The van der Waals surface area contributed by atoms with Crippen molar-refractivity contribution < 1.29 is 5.11 Å². The zero-order valence-corrected chi connectivity index (χ0v) is 12.5. The Morgan fingerprint density at radius 1 is 1.11 bits per heavy atom. The number of aliphatic hydroxyl groups excluding tert-OH is 1. The van der Waals surface area contributed by atoms with Crippen molar-refractivity contribution in [3.8, 4) is 0 Å². The van der Waals surface area contributed by atoms with Crippen LogP contribution in [0.4, 0.5) is 0 Å². The van der Waals surface area contributed by atoms with Gasteiger partial charge >= 0.3 is 0 Å². The van der Waals surface area contributed by atoms with Crippen LogP contribution in [0.5, 0.6) is 0 Å². The molecule has 0 radical (unpaired) electrons. The van der Waals surface area contributed by atoms with E-state index in [1.807, 2.05) is 55.5 Å². The van der Waals surface area contributed by atoms with Crippen LogP contribution in [0, 0.1) is 6.92 Å². The molecule has 0 bridgehead atoms. The number of rotatable bonds is 4. The van der Waals surface area contributed by atoms with E-state index in [4.69, 9.17) is 5.73 Å². The molecule has 0 saturated carbocycles. The Balaban J connectivity index is 2.28. The van der Waals surface area contributed by atoms with Crippen molar-refractivity contribution in [3.05, 3.63) is 69.7 Å². The maximum absolute atomic E-state index is 10.5. The second-order valence-corrected chi connectivity index (χ2v) is 5.67. The molecule has 100 valence electrons. The molecule has 0 aliphatic carbocycles. The molecule has 0 aliphatic rings. The third kappa shape index (κ3) is 3.44. The van der Waals surface area contributed by atoms with E-state index in [0.29, 0.717) is 6.54 Å². The van der Waals surface area contributed by atoms with Crippen molar-refractivity contribution in [2.24, 2.45) is 5.73 Å². The van der Waals surface area contributed by atoms with Crippen molar-refractivity contribution in [2.45, 2.75) is 18.9 Å². The molecule has 3 N–H and O–H groups in total. The normalized spacial score (nSPS) is 14.1. The number of hydrogen-bond donors (Lipinski definition) is 2. The Labute approximate surface area is 122 Å². The molecule has 0 saturated heterocycles. The highest BCUT2D eigenvalue weighted by Crippen LogP contribution is 2.31. The van der Waals surface area contributed by atoms with Crippen LogP contribution in [-0.2, 0) is 0 Å². The van der Waals surface area contributed by atoms with E-state index in [1.54, 1.807) is 0 Å². The highest BCUT2D eigenvalue weighted by molar-refractivity contribution is 9.10. The van der Waals surface area contributed by atoms with Crippen molar-refractivity contribution in [3.63, 3.8) is 0 Å². The van der Waals surface area contributed by atoms with Gasteiger partial charge in [-0.2, -0.15) is 0 Å². The van der Waals surface area contributed by atoms with Crippen molar-refractivity contribution in [2.75, 3.05) is 6.54 Å². The Kier molecular flexibility index (Phi) is 4.75. The molecule has 19 heavy (non-hydrogen) atoms. The van der Waals surface area contributed by atoms with Crippen LogP contribution < -0.4 is 5.73 Å². The van der Waals surface area contributed by atoms with Crippen molar-refractivity contribution in [1.29, 1.82) is 0 Å². The van der Waals surface area contributed by atoms with Crippen molar-refractivity contribution >= 4 is 15.9 Å². The van der Waals surface area contributed by atoms with Gasteiger partial charge in [0.15, 0.2) is 0 Å². The lowest BCUT2D eigenvalue weighted by Gasteiger charge is -2.22. The first kappa shape index (κ1) is 14.3. The standard InChI is InChI=1S/C16H18BrNO/c1-11-5-7-12(8-6-11)16(19)15(10-18)13-3-2-4-14(17)9-13/h2-9,15-16,19H,10,18H2,1H3. The van der Waals surface area contributed by atoms with Gasteiger partial charge in [0.2, 0.25) is 0 Å². The molecule has 0 aliphatic heterocycles. The van der Waals surface area contributed by atoms with Crippen LogP contribution in [0.15, 0.2) is 53.0 Å². The zero-order chi connectivity index (χ0) is 13.8. The monoisotopic (exact) mass is 319 g/mol. The molecule has 2 aromatic carbocycles. The summed E-state index contributed by atoms with van der Waals surface area (Å²) in [6.45, 7) is 2.44. The van der Waals surface area contributed by atoms with E-state index in [2.05, 4.69) is 15.9 Å². The lowest BCUT2D eigenvalue weighted by molar-refractivity contribution is 0.147. The maximum Gasteiger partial charge on any atom is 0.0870 e. The van der Waals surface area contributed by atoms with Crippen LogP contribution in [0.2, 0.25) is 0 Å². The van der Waals surface area contributed by atoms with Gasteiger partial charge in [0.1, 0.15) is 0 Å².